The van der Waals surface area contributed by atoms with Crippen LogP contribution in [0.1, 0.15) is 54.7 Å². The zero-order valence-electron chi connectivity index (χ0n) is 24.6. The largest absolute Gasteiger partial charge is 0.377 e. The van der Waals surface area contributed by atoms with Crippen molar-refractivity contribution in [1.82, 2.24) is 26.1 Å². The maximum absolute atomic E-state index is 13.7. The van der Waals surface area contributed by atoms with E-state index in [2.05, 4.69) is 26.1 Å². The van der Waals surface area contributed by atoms with Gasteiger partial charge in [0, 0.05) is 31.4 Å². The minimum absolute atomic E-state index is 0.0208. The van der Waals surface area contributed by atoms with Gasteiger partial charge in [-0.2, -0.15) is 0 Å². The number of carbonyl (C=O) groups excluding carboxylic acids is 4. The Hall–Kier alpha value is -3.94. The molecular weight excluding hydrogens is 574 g/mol. The molecule has 1 aliphatic rings. The second-order valence-corrected chi connectivity index (χ2v) is 11.9. The van der Waals surface area contributed by atoms with Crippen LogP contribution in [0.3, 0.4) is 0 Å². The summed E-state index contributed by atoms with van der Waals surface area (Å²) >= 11 is 1.36. The molecule has 4 rings (SSSR count). The van der Waals surface area contributed by atoms with Crippen LogP contribution in [-0.4, -0.2) is 71.1 Å². The Balaban J connectivity index is 1.54. The van der Waals surface area contributed by atoms with Gasteiger partial charge in [-0.05, 0) is 24.8 Å². The molecule has 12 nitrogen and oxygen atoms in total. The minimum atomic E-state index is -1.09. The molecule has 0 saturated carbocycles. The Labute approximate surface area is 253 Å². The van der Waals surface area contributed by atoms with Gasteiger partial charge in [0.2, 0.25) is 11.8 Å². The highest BCUT2D eigenvalue weighted by molar-refractivity contribution is 7.07. The Bertz CT molecular complexity index is 1390. The maximum atomic E-state index is 13.7. The molecule has 0 radical (unpaired) electrons. The van der Waals surface area contributed by atoms with Crippen LogP contribution in [0.15, 0.2) is 51.8 Å². The molecule has 43 heavy (non-hydrogen) atoms. The van der Waals surface area contributed by atoms with Gasteiger partial charge in [-0.15, -0.1) is 11.3 Å². The molecule has 4 atom stereocenters. The molecule has 3 aromatic rings. The topological polar surface area (TPSA) is 165 Å². The summed E-state index contributed by atoms with van der Waals surface area (Å²) in [6, 6.07) is 7.74. The van der Waals surface area contributed by atoms with Crippen LogP contribution < -0.4 is 16.0 Å². The van der Waals surface area contributed by atoms with Crippen LogP contribution in [0.4, 0.5) is 0 Å². The first-order valence-electron chi connectivity index (χ1n) is 14.0. The summed E-state index contributed by atoms with van der Waals surface area (Å²) in [6.07, 6.45) is 0.657. The number of hydrogen-bond donors (Lipinski definition) is 3. The summed E-state index contributed by atoms with van der Waals surface area (Å²) in [6.45, 7) is 6.06. The number of aromatic nitrogens is 2. The molecule has 0 bridgehead atoms. The van der Waals surface area contributed by atoms with Crippen LogP contribution >= 0.6 is 11.3 Å². The zero-order chi connectivity index (χ0) is 31.0. The van der Waals surface area contributed by atoms with Crippen molar-refractivity contribution < 1.29 is 33.2 Å². The Morgan fingerprint density at radius 2 is 1.70 bits per heavy atom. The van der Waals surface area contributed by atoms with Gasteiger partial charge in [0.25, 0.3) is 5.91 Å². The van der Waals surface area contributed by atoms with E-state index in [0.29, 0.717) is 24.5 Å². The van der Waals surface area contributed by atoms with Crippen molar-refractivity contribution in [3.8, 4) is 0 Å². The molecule has 2 aromatic heterocycles. The molecule has 0 spiro atoms. The highest BCUT2D eigenvalue weighted by Crippen LogP contribution is 2.29. The molecule has 0 unspecified atom stereocenters. The number of epoxide rings is 1. The predicted molar refractivity (Wildman–Crippen MR) is 157 cm³/mol. The highest BCUT2D eigenvalue weighted by atomic mass is 32.1. The van der Waals surface area contributed by atoms with Gasteiger partial charge in [-0.25, -0.2) is 4.98 Å². The van der Waals surface area contributed by atoms with E-state index < -0.39 is 41.4 Å². The molecule has 3 N–H and O–H groups in total. The normalized spacial score (nSPS) is 18.0. The van der Waals surface area contributed by atoms with Gasteiger partial charge in [0.1, 0.15) is 24.3 Å². The molecule has 1 aromatic carbocycles. The van der Waals surface area contributed by atoms with Crippen molar-refractivity contribution in [3.05, 3.63) is 70.0 Å². The number of nitrogens with zero attached hydrogens (tertiary/aromatic N) is 2. The molecule has 1 saturated heterocycles. The summed E-state index contributed by atoms with van der Waals surface area (Å²) in [4.78, 5) is 57.9. The lowest BCUT2D eigenvalue weighted by atomic mass is 9.93. The zero-order valence-corrected chi connectivity index (χ0v) is 25.4. The van der Waals surface area contributed by atoms with Crippen molar-refractivity contribution in [3.63, 3.8) is 0 Å². The fourth-order valence-corrected chi connectivity index (χ4v) is 5.12. The van der Waals surface area contributed by atoms with Gasteiger partial charge >= 0.3 is 0 Å². The fourth-order valence-electron chi connectivity index (χ4n) is 4.54. The number of ether oxygens (including phenoxy) is 2. The Kier molecular flexibility index (Phi) is 10.8. The van der Waals surface area contributed by atoms with E-state index >= 15 is 0 Å². The molecule has 0 aliphatic carbocycles. The van der Waals surface area contributed by atoms with E-state index in [9.17, 15) is 19.2 Å². The summed E-state index contributed by atoms with van der Waals surface area (Å²) in [5.41, 5.74) is 2.09. The van der Waals surface area contributed by atoms with Crippen LogP contribution in [-0.2, 0) is 43.3 Å². The minimum Gasteiger partial charge on any atom is -0.377 e. The van der Waals surface area contributed by atoms with E-state index in [1.807, 2.05) is 44.2 Å². The molecular formula is C30H37N5O7S. The van der Waals surface area contributed by atoms with Crippen molar-refractivity contribution in [1.29, 1.82) is 0 Å². The third-order valence-electron chi connectivity index (χ3n) is 6.95. The number of amides is 3. The van der Waals surface area contributed by atoms with E-state index in [1.54, 1.807) is 17.8 Å². The average molecular weight is 612 g/mol. The lowest BCUT2D eigenvalue weighted by Crippen LogP contribution is -2.57. The third kappa shape index (κ3) is 9.02. The Morgan fingerprint density at radius 3 is 2.30 bits per heavy atom. The maximum Gasteiger partial charge on any atom is 0.274 e. The number of rotatable bonds is 16. The van der Waals surface area contributed by atoms with Gasteiger partial charge < -0.3 is 29.9 Å². The molecule has 3 heterocycles. The molecule has 1 fully saturated rings. The van der Waals surface area contributed by atoms with Crippen LogP contribution in [0.5, 0.6) is 0 Å². The van der Waals surface area contributed by atoms with E-state index in [0.717, 1.165) is 5.56 Å². The van der Waals surface area contributed by atoms with Crippen LogP contribution in [0.2, 0.25) is 0 Å². The van der Waals surface area contributed by atoms with Crippen molar-refractivity contribution in [2.24, 2.45) is 5.92 Å². The van der Waals surface area contributed by atoms with Crippen molar-refractivity contribution in [2.75, 3.05) is 13.7 Å². The van der Waals surface area contributed by atoms with E-state index in [4.69, 9.17) is 14.0 Å². The molecule has 13 heteroatoms. The SMILES string of the molecule is COCc1cc(C(=O)N[C@@H](Cc2cscn2)C(=O)N[C@@H](Cc2ccccc2)C(=O)N[C@@H](CC(C)C)C(=O)[C@]2(C)CO2)no1. The van der Waals surface area contributed by atoms with Crippen molar-refractivity contribution >= 4 is 34.8 Å². The van der Waals surface area contributed by atoms with Gasteiger partial charge in [-0.1, -0.05) is 49.3 Å². The number of hydrogen-bond acceptors (Lipinski definition) is 10. The van der Waals surface area contributed by atoms with E-state index in [1.165, 1.54) is 24.5 Å². The number of Topliss-reactive ketones (excluding diaryl/α,β-unsaturated/α-hetero) is 1. The average Bonchev–Trinajstić information content (AvgIpc) is 3.32. The summed E-state index contributed by atoms with van der Waals surface area (Å²) in [7, 11) is 1.49. The van der Waals surface area contributed by atoms with Crippen molar-refractivity contribution in [2.45, 2.75) is 70.4 Å². The molecule has 230 valence electrons. The number of carbonyl (C=O) groups is 4. The first kappa shape index (κ1) is 32.0. The van der Waals surface area contributed by atoms with Crippen LogP contribution in [0.25, 0.3) is 0 Å². The number of ketones is 1. The van der Waals surface area contributed by atoms with Gasteiger partial charge in [-0.3, -0.25) is 19.2 Å². The van der Waals surface area contributed by atoms with Gasteiger partial charge in [0.15, 0.2) is 17.2 Å². The second-order valence-electron chi connectivity index (χ2n) is 11.1. The lowest BCUT2D eigenvalue weighted by molar-refractivity contribution is -0.133. The smallest absolute Gasteiger partial charge is 0.274 e. The molecule has 1 aliphatic heterocycles. The second kappa shape index (κ2) is 14.5. The summed E-state index contributed by atoms with van der Waals surface area (Å²) < 4.78 is 15.5. The first-order valence-corrected chi connectivity index (χ1v) is 15.0. The third-order valence-corrected chi connectivity index (χ3v) is 7.59. The van der Waals surface area contributed by atoms with Crippen LogP contribution in [0, 0.1) is 5.92 Å². The quantitative estimate of drug-likeness (QED) is 0.206. The van der Waals surface area contributed by atoms with Gasteiger partial charge in [0.05, 0.1) is 23.9 Å². The fraction of sp³-hybridized carbons (Fsp3) is 0.467. The lowest BCUT2D eigenvalue weighted by Gasteiger charge is -2.26. The molecule has 3 amide bonds. The number of benzene rings is 1. The highest BCUT2D eigenvalue weighted by Gasteiger charge is 2.50. The monoisotopic (exact) mass is 611 g/mol. The first-order chi connectivity index (χ1) is 20.6. The summed E-state index contributed by atoms with van der Waals surface area (Å²) in [5, 5.41) is 13.9. The number of nitrogens with one attached hydrogen (secondary N) is 3. The standard InChI is InChI=1S/C30H37N5O7S/c1-18(2)10-22(26(36)30(3)16-41-30)32-27(37)23(11-19-8-6-5-7-9-19)33-28(38)24(12-20-15-43-17-31-20)34-29(39)25-13-21(14-40-4)42-35-25/h5-9,13,15,17-18,22-24H,10-12,14,16H2,1-4H3,(H,32,37)(H,33,38)(H,34,39)/t22-,23-,24-,30-/m0/s1. The summed E-state index contributed by atoms with van der Waals surface area (Å²) in [5.74, 6) is -1.47. The number of methoxy groups -OCH3 is 1. The van der Waals surface area contributed by atoms with E-state index in [-0.39, 0.29) is 36.8 Å². The predicted octanol–water partition coefficient (Wildman–Crippen LogP) is 2.24. The Morgan fingerprint density at radius 1 is 1.02 bits per heavy atom. The number of thiazole rings is 1.